The van der Waals surface area contributed by atoms with Crippen LogP contribution in [0.4, 0.5) is 5.13 Å². The molecule has 1 aromatic carbocycles. The normalized spacial score (nSPS) is 14.5. The van der Waals surface area contributed by atoms with Gasteiger partial charge in [-0.3, -0.25) is 0 Å². The van der Waals surface area contributed by atoms with Crippen molar-refractivity contribution in [1.29, 1.82) is 0 Å². The average molecular weight is 246 g/mol. The van der Waals surface area contributed by atoms with Gasteiger partial charge in [0.15, 0.2) is 5.13 Å². The molecule has 0 saturated heterocycles. The fraction of sp³-hybridized carbons (Fsp3) is 0.308. The van der Waals surface area contributed by atoms with E-state index in [2.05, 4.69) is 22.0 Å². The third-order valence-electron chi connectivity index (χ3n) is 3.12. The molecule has 0 radical (unpaired) electrons. The SMILES string of the molecule is COc1ccc2c(c1)CCN(c1nccs1)C2. The zero-order chi connectivity index (χ0) is 11.7. The van der Waals surface area contributed by atoms with Crippen molar-refractivity contribution in [2.24, 2.45) is 0 Å². The van der Waals surface area contributed by atoms with E-state index in [1.807, 2.05) is 17.6 Å². The molecule has 88 valence electrons. The highest BCUT2D eigenvalue weighted by molar-refractivity contribution is 7.13. The lowest BCUT2D eigenvalue weighted by molar-refractivity contribution is 0.414. The minimum Gasteiger partial charge on any atom is -0.497 e. The second kappa shape index (κ2) is 4.37. The first kappa shape index (κ1) is 10.6. The molecule has 3 rings (SSSR count). The van der Waals surface area contributed by atoms with Crippen molar-refractivity contribution in [3.8, 4) is 5.75 Å². The van der Waals surface area contributed by atoms with E-state index in [0.717, 1.165) is 30.4 Å². The van der Waals surface area contributed by atoms with Crippen LogP contribution in [0.1, 0.15) is 11.1 Å². The van der Waals surface area contributed by atoms with Crippen molar-refractivity contribution in [1.82, 2.24) is 4.98 Å². The Morgan fingerprint density at radius 1 is 1.35 bits per heavy atom. The predicted octanol–water partition coefficient (Wildman–Crippen LogP) is 2.71. The monoisotopic (exact) mass is 246 g/mol. The molecule has 17 heavy (non-hydrogen) atoms. The summed E-state index contributed by atoms with van der Waals surface area (Å²) in [6.45, 7) is 1.99. The van der Waals surface area contributed by atoms with Crippen LogP contribution in [-0.4, -0.2) is 18.6 Å². The maximum Gasteiger partial charge on any atom is 0.185 e. The quantitative estimate of drug-likeness (QED) is 0.814. The molecule has 3 nitrogen and oxygen atoms in total. The molecule has 1 aliphatic rings. The number of hydrogen-bond acceptors (Lipinski definition) is 4. The summed E-state index contributed by atoms with van der Waals surface area (Å²) in [4.78, 5) is 6.70. The fourth-order valence-electron chi connectivity index (χ4n) is 2.19. The van der Waals surface area contributed by atoms with E-state index in [4.69, 9.17) is 4.74 Å². The molecule has 0 bridgehead atoms. The second-order valence-corrected chi connectivity index (χ2v) is 4.99. The van der Waals surface area contributed by atoms with E-state index in [1.54, 1.807) is 18.4 Å². The number of thiazole rings is 1. The Morgan fingerprint density at radius 2 is 2.29 bits per heavy atom. The minimum atomic E-state index is 0.950. The van der Waals surface area contributed by atoms with Crippen LogP contribution < -0.4 is 9.64 Å². The first-order valence-electron chi connectivity index (χ1n) is 5.67. The van der Waals surface area contributed by atoms with Crippen molar-refractivity contribution in [2.75, 3.05) is 18.6 Å². The van der Waals surface area contributed by atoms with Crippen LogP contribution in [0.15, 0.2) is 29.8 Å². The Hall–Kier alpha value is -1.55. The molecule has 0 spiro atoms. The molecule has 2 heterocycles. The molecule has 0 fully saturated rings. The molecular formula is C13H14N2OS. The van der Waals surface area contributed by atoms with Crippen molar-refractivity contribution in [3.05, 3.63) is 40.9 Å². The van der Waals surface area contributed by atoms with Gasteiger partial charge in [-0.25, -0.2) is 4.98 Å². The van der Waals surface area contributed by atoms with Crippen LogP contribution in [0.2, 0.25) is 0 Å². The number of benzene rings is 1. The summed E-state index contributed by atoms with van der Waals surface area (Å²) in [6.07, 6.45) is 2.93. The van der Waals surface area contributed by atoms with Crippen molar-refractivity contribution >= 4 is 16.5 Å². The first-order valence-corrected chi connectivity index (χ1v) is 6.55. The fourth-order valence-corrected chi connectivity index (χ4v) is 2.86. The van der Waals surface area contributed by atoms with Gasteiger partial charge in [0.1, 0.15) is 5.75 Å². The Labute approximate surface area is 105 Å². The standard InChI is InChI=1S/C13H14N2OS/c1-16-12-3-2-11-9-15(6-4-10(11)8-12)13-14-5-7-17-13/h2-3,5,7-8H,4,6,9H2,1H3. The summed E-state index contributed by atoms with van der Waals surface area (Å²) in [5, 5.41) is 3.14. The van der Waals surface area contributed by atoms with Gasteiger partial charge in [0, 0.05) is 24.7 Å². The number of ether oxygens (including phenoxy) is 1. The van der Waals surface area contributed by atoms with E-state index in [1.165, 1.54) is 11.1 Å². The number of anilines is 1. The van der Waals surface area contributed by atoms with Gasteiger partial charge in [0.05, 0.1) is 7.11 Å². The predicted molar refractivity (Wildman–Crippen MR) is 69.9 cm³/mol. The maximum absolute atomic E-state index is 5.26. The van der Waals surface area contributed by atoms with Crippen molar-refractivity contribution < 1.29 is 4.74 Å². The van der Waals surface area contributed by atoms with Gasteiger partial charge in [-0.2, -0.15) is 0 Å². The van der Waals surface area contributed by atoms with Gasteiger partial charge in [-0.1, -0.05) is 6.07 Å². The van der Waals surface area contributed by atoms with E-state index in [0.29, 0.717) is 0 Å². The highest BCUT2D eigenvalue weighted by atomic mass is 32.1. The number of rotatable bonds is 2. The van der Waals surface area contributed by atoms with Crippen LogP contribution in [0.5, 0.6) is 5.75 Å². The minimum absolute atomic E-state index is 0.950. The van der Waals surface area contributed by atoms with Gasteiger partial charge >= 0.3 is 0 Å². The lowest BCUT2D eigenvalue weighted by atomic mass is 10.00. The molecule has 2 aromatic rings. The van der Waals surface area contributed by atoms with Gasteiger partial charge < -0.3 is 9.64 Å². The Kier molecular flexibility index (Phi) is 2.73. The second-order valence-electron chi connectivity index (χ2n) is 4.12. The Morgan fingerprint density at radius 3 is 3.06 bits per heavy atom. The zero-order valence-corrected chi connectivity index (χ0v) is 10.5. The highest BCUT2D eigenvalue weighted by Gasteiger charge is 2.18. The van der Waals surface area contributed by atoms with Crippen molar-refractivity contribution in [2.45, 2.75) is 13.0 Å². The molecule has 0 unspecified atom stereocenters. The molecule has 1 aromatic heterocycles. The summed E-state index contributed by atoms with van der Waals surface area (Å²) in [6, 6.07) is 6.34. The Bertz CT molecular complexity index is 510. The molecule has 1 aliphatic heterocycles. The summed E-state index contributed by atoms with van der Waals surface area (Å²) in [5.41, 5.74) is 2.78. The van der Waals surface area contributed by atoms with Crippen LogP contribution in [0.3, 0.4) is 0 Å². The van der Waals surface area contributed by atoms with Gasteiger partial charge in [0.25, 0.3) is 0 Å². The lowest BCUT2D eigenvalue weighted by Crippen LogP contribution is -2.30. The largest absolute Gasteiger partial charge is 0.497 e. The van der Waals surface area contributed by atoms with Crippen LogP contribution in [0, 0.1) is 0 Å². The third kappa shape index (κ3) is 2.00. The molecule has 0 amide bonds. The van der Waals surface area contributed by atoms with Crippen LogP contribution >= 0.6 is 11.3 Å². The summed E-state index contributed by atoms with van der Waals surface area (Å²) >= 11 is 1.70. The number of hydrogen-bond donors (Lipinski definition) is 0. The number of fused-ring (bicyclic) bond motifs is 1. The highest BCUT2D eigenvalue weighted by Crippen LogP contribution is 2.27. The number of nitrogens with zero attached hydrogens (tertiary/aromatic N) is 2. The molecule has 4 heteroatoms. The summed E-state index contributed by atoms with van der Waals surface area (Å²) in [5.74, 6) is 0.950. The Balaban J connectivity index is 1.86. The summed E-state index contributed by atoms with van der Waals surface area (Å²) in [7, 11) is 1.71. The van der Waals surface area contributed by atoms with E-state index in [9.17, 15) is 0 Å². The van der Waals surface area contributed by atoms with Crippen LogP contribution in [-0.2, 0) is 13.0 Å². The molecule has 0 atom stereocenters. The molecular weight excluding hydrogens is 232 g/mol. The van der Waals surface area contributed by atoms with Gasteiger partial charge in [0.2, 0.25) is 0 Å². The lowest BCUT2D eigenvalue weighted by Gasteiger charge is -2.28. The maximum atomic E-state index is 5.26. The molecule has 0 N–H and O–H groups in total. The van der Waals surface area contributed by atoms with Gasteiger partial charge in [-0.05, 0) is 29.7 Å². The van der Waals surface area contributed by atoms with Crippen LogP contribution in [0.25, 0.3) is 0 Å². The van der Waals surface area contributed by atoms with Crippen molar-refractivity contribution in [3.63, 3.8) is 0 Å². The number of aromatic nitrogens is 1. The molecule has 0 aliphatic carbocycles. The summed E-state index contributed by atoms with van der Waals surface area (Å²) < 4.78 is 5.26. The molecule has 0 saturated carbocycles. The third-order valence-corrected chi connectivity index (χ3v) is 3.95. The van der Waals surface area contributed by atoms with E-state index in [-0.39, 0.29) is 0 Å². The number of methoxy groups -OCH3 is 1. The topological polar surface area (TPSA) is 25.4 Å². The smallest absolute Gasteiger partial charge is 0.185 e. The van der Waals surface area contributed by atoms with E-state index < -0.39 is 0 Å². The van der Waals surface area contributed by atoms with E-state index >= 15 is 0 Å². The zero-order valence-electron chi connectivity index (χ0n) is 9.72. The average Bonchev–Trinajstić information content (AvgIpc) is 2.91. The van der Waals surface area contributed by atoms with Gasteiger partial charge in [-0.15, -0.1) is 11.3 Å². The first-order chi connectivity index (χ1) is 8.36.